The highest BCUT2D eigenvalue weighted by atomic mass is 16.5. The van der Waals surface area contributed by atoms with Gasteiger partial charge in [-0.05, 0) is 32.5 Å². The fraction of sp³-hybridized carbons (Fsp3) is 0.611. The minimum atomic E-state index is -0.408. The normalized spacial score (nSPS) is 11.8. The van der Waals surface area contributed by atoms with Crippen LogP contribution in [0.3, 0.4) is 0 Å². The van der Waals surface area contributed by atoms with Crippen molar-refractivity contribution in [3.8, 4) is 0 Å². The minimum absolute atomic E-state index is 0.257. The Morgan fingerprint density at radius 2 is 1.86 bits per heavy atom. The molecule has 3 aromatic rings. The van der Waals surface area contributed by atoms with E-state index in [9.17, 15) is 9.59 Å². The Hall–Kier alpha value is -2.75. The van der Waals surface area contributed by atoms with Gasteiger partial charge in [-0.25, -0.2) is 9.78 Å². The first-order chi connectivity index (χ1) is 13.5. The van der Waals surface area contributed by atoms with Crippen molar-refractivity contribution >= 4 is 11.2 Å². The Kier molecular flexibility index (Phi) is 6.08. The summed E-state index contributed by atoms with van der Waals surface area (Å²) in [5.74, 6) is 1.08. The van der Waals surface area contributed by atoms with Crippen LogP contribution in [-0.2, 0) is 27.1 Å². The predicted molar refractivity (Wildman–Crippen MR) is 104 cm³/mol. The molecule has 3 heterocycles. The highest BCUT2D eigenvalue weighted by Gasteiger charge is 2.16. The molecule has 0 N–H and O–H groups in total. The lowest BCUT2D eigenvalue weighted by Crippen LogP contribution is -2.37. The lowest BCUT2D eigenvalue weighted by atomic mass is 10.2. The SMILES string of the molecule is CCN(CC)CCCCc1nc(Cn2cnc3c2c(=O)n(C)c(=O)n3C)no1. The van der Waals surface area contributed by atoms with Crippen molar-refractivity contribution in [2.24, 2.45) is 14.1 Å². The van der Waals surface area contributed by atoms with Gasteiger partial charge in [0.15, 0.2) is 17.0 Å². The van der Waals surface area contributed by atoms with Crippen molar-refractivity contribution in [2.75, 3.05) is 19.6 Å². The van der Waals surface area contributed by atoms with Crippen LogP contribution in [0.4, 0.5) is 0 Å². The van der Waals surface area contributed by atoms with Gasteiger partial charge in [-0.1, -0.05) is 19.0 Å². The molecule has 0 aliphatic heterocycles. The molecule has 10 nitrogen and oxygen atoms in total. The minimum Gasteiger partial charge on any atom is -0.339 e. The van der Waals surface area contributed by atoms with Gasteiger partial charge in [0, 0.05) is 20.5 Å². The van der Waals surface area contributed by atoms with E-state index in [1.807, 2.05) is 0 Å². The number of hydrogen-bond acceptors (Lipinski definition) is 7. The van der Waals surface area contributed by atoms with Gasteiger partial charge < -0.3 is 14.0 Å². The quantitative estimate of drug-likeness (QED) is 0.492. The highest BCUT2D eigenvalue weighted by molar-refractivity contribution is 5.70. The molecule has 0 amide bonds. The molecule has 28 heavy (non-hydrogen) atoms. The summed E-state index contributed by atoms with van der Waals surface area (Å²) in [7, 11) is 3.04. The highest BCUT2D eigenvalue weighted by Crippen LogP contribution is 2.09. The summed E-state index contributed by atoms with van der Waals surface area (Å²) in [4.78, 5) is 35.5. The van der Waals surface area contributed by atoms with Crippen LogP contribution in [0.25, 0.3) is 11.2 Å². The number of hydrogen-bond donors (Lipinski definition) is 0. The van der Waals surface area contributed by atoms with Gasteiger partial charge >= 0.3 is 5.69 Å². The van der Waals surface area contributed by atoms with Crippen LogP contribution < -0.4 is 11.2 Å². The molecule has 0 aliphatic rings. The molecule has 0 saturated heterocycles. The molecule has 152 valence electrons. The average molecular weight is 389 g/mol. The van der Waals surface area contributed by atoms with Crippen molar-refractivity contribution in [1.29, 1.82) is 0 Å². The molecular formula is C18H27N7O3. The maximum atomic E-state index is 12.5. The van der Waals surface area contributed by atoms with E-state index in [1.54, 1.807) is 11.6 Å². The summed E-state index contributed by atoms with van der Waals surface area (Å²) in [6.07, 6.45) is 4.31. The van der Waals surface area contributed by atoms with Crippen LogP contribution in [0.2, 0.25) is 0 Å². The number of imidazole rings is 1. The van der Waals surface area contributed by atoms with Crippen LogP contribution in [0.1, 0.15) is 38.4 Å². The first-order valence-electron chi connectivity index (χ1n) is 9.60. The molecule has 0 saturated carbocycles. The zero-order chi connectivity index (χ0) is 20.3. The first kappa shape index (κ1) is 20.0. The summed E-state index contributed by atoms with van der Waals surface area (Å²) in [5.41, 5.74) is -0.117. The largest absolute Gasteiger partial charge is 0.339 e. The van der Waals surface area contributed by atoms with Gasteiger partial charge in [0.25, 0.3) is 5.56 Å². The number of aromatic nitrogens is 6. The standard InChI is InChI=1S/C18H27N7O3/c1-5-24(6-2)10-8-7-9-14-20-13(21-28-14)11-25-12-19-16-15(25)17(26)23(4)18(27)22(16)3/h12H,5-11H2,1-4H3. The third-order valence-corrected chi connectivity index (χ3v) is 5.05. The van der Waals surface area contributed by atoms with Crippen molar-refractivity contribution in [3.05, 3.63) is 38.9 Å². The number of unbranched alkanes of at least 4 members (excludes halogenated alkanes) is 1. The molecule has 0 unspecified atom stereocenters. The second-order valence-electron chi connectivity index (χ2n) is 6.84. The maximum Gasteiger partial charge on any atom is 0.332 e. The van der Waals surface area contributed by atoms with E-state index < -0.39 is 11.2 Å². The van der Waals surface area contributed by atoms with Gasteiger partial charge in [0.2, 0.25) is 5.89 Å². The van der Waals surface area contributed by atoms with E-state index in [-0.39, 0.29) is 6.54 Å². The van der Waals surface area contributed by atoms with Gasteiger partial charge in [-0.2, -0.15) is 4.98 Å². The second-order valence-corrected chi connectivity index (χ2v) is 6.84. The Labute approximate surface area is 162 Å². The topological polar surface area (TPSA) is 104 Å². The Bertz CT molecular complexity index is 1060. The van der Waals surface area contributed by atoms with Gasteiger partial charge in [0.05, 0.1) is 12.9 Å². The third-order valence-electron chi connectivity index (χ3n) is 5.05. The molecule has 0 bridgehead atoms. The van der Waals surface area contributed by atoms with Crippen molar-refractivity contribution < 1.29 is 4.52 Å². The summed E-state index contributed by atoms with van der Waals surface area (Å²) >= 11 is 0. The third kappa shape index (κ3) is 3.91. The molecule has 10 heteroatoms. The second kappa shape index (κ2) is 8.51. The van der Waals surface area contributed by atoms with Crippen LogP contribution in [0, 0.1) is 0 Å². The van der Waals surface area contributed by atoms with E-state index in [1.165, 1.54) is 17.9 Å². The van der Waals surface area contributed by atoms with Crippen LogP contribution in [0.15, 0.2) is 20.4 Å². The molecule has 0 spiro atoms. The zero-order valence-electron chi connectivity index (χ0n) is 16.9. The first-order valence-corrected chi connectivity index (χ1v) is 9.60. The summed E-state index contributed by atoms with van der Waals surface area (Å²) in [5, 5.41) is 4.01. The van der Waals surface area contributed by atoms with Gasteiger partial charge in [-0.15, -0.1) is 0 Å². The molecule has 3 aromatic heterocycles. The van der Waals surface area contributed by atoms with Crippen molar-refractivity contribution in [2.45, 2.75) is 39.7 Å². The number of aryl methyl sites for hydroxylation is 2. The predicted octanol–water partition coefficient (Wildman–Crippen LogP) is 0.530. The van der Waals surface area contributed by atoms with E-state index in [2.05, 4.69) is 33.9 Å². The number of rotatable bonds is 9. The number of nitrogens with zero attached hydrogens (tertiary/aromatic N) is 7. The maximum absolute atomic E-state index is 12.5. The summed E-state index contributed by atoms with van der Waals surface area (Å²) in [6, 6.07) is 0. The Morgan fingerprint density at radius 1 is 1.11 bits per heavy atom. The average Bonchev–Trinajstić information content (AvgIpc) is 3.32. The van der Waals surface area contributed by atoms with Crippen LogP contribution >= 0.6 is 0 Å². The Morgan fingerprint density at radius 3 is 2.57 bits per heavy atom. The fourth-order valence-corrected chi connectivity index (χ4v) is 3.28. The monoisotopic (exact) mass is 389 g/mol. The van der Waals surface area contributed by atoms with Crippen LogP contribution in [-0.4, -0.2) is 53.4 Å². The lowest BCUT2D eigenvalue weighted by molar-refractivity contribution is 0.293. The van der Waals surface area contributed by atoms with Gasteiger partial charge in [-0.3, -0.25) is 13.9 Å². The fourth-order valence-electron chi connectivity index (χ4n) is 3.28. The molecule has 0 aromatic carbocycles. The summed E-state index contributed by atoms with van der Waals surface area (Å²) in [6.45, 7) is 7.78. The van der Waals surface area contributed by atoms with Crippen LogP contribution in [0.5, 0.6) is 0 Å². The molecule has 0 fully saturated rings. The lowest BCUT2D eigenvalue weighted by Gasteiger charge is -2.17. The molecular weight excluding hydrogens is 362 g/mol. The van der Waals surface area contributed by atoms with E-state index >= 15 is 0 Å². The summed E-state index contributed by atoms with van der Waals surface area (Å²) < 4.78 is 9.40. The zero-order valence-corrected chi connectivity index (χ0v) is 16.9. The molecule has 0 atom stereocenters. The Balaban J connectivity index is 1.69. The van der Waals surface area contributed by atoms with E-state index in [0.717, 1.165) is 43.5 Å². The molecule has 3 rings (SSSR count). The van der Waals surface area contributed by atoms with Crippen molar-refractivity contribution in [3.63, 3.8) is 0 Å². The van der Waals surface area contributed by atoms with Crippen molar-refractivity contribution in [1.82, 2.24) is 33.7 Å². The molecule has 0 aliphatic carbocycles. The molecule has 0 radical (unpaired) electrons. The van der Waals surface area contributed by atoms with E-state index in [0.29, 0.717) is 22.9 Å². The van der Waals surface area contributed by atoms with E-state index in [4.69, 9.17) is 4.52 Å². The smallest absolute Gasteiger partial charge is 0.332 e. The van der Waals surface area contributed by atoms with Gasteiger partial charge in [0.1, 0.15) is 0 Å². The number of fused-ring (bicyclic) bond motifs is 1.